The quantitative estimate of drug-likeness (QED) is 0.669. The van der Waals surface area contributed by atoms with E-state index in [-0.39, 0.29) is 5.56 Å². The Morgan fingerprint density at radius 3 is 3.05 bits per heavy atom. The predicted octanol–water partition coefficient (Wildman–Crippen LogP) is 0.784. The number of aromatic nitrogens is 4. The number of hydrogen-bond acceptors (Lipinski definition) is 5. The highest BCUT2D eigenvalue weighted by Crippen LogP contribution is 2.17. The van der Waals surface area contributed by atoms with Crippen LogP contribution in [-0.4, -0.2) is 37.4 Å². The van der Waals surface area contributed by atoms with Crippen molar-refractivity contribution in [3.05, 3.63) is 39.6 Å². The molecule has 1 aliphatic heterocycles. The van der Waals surface area contributed by atoms with Crippen LogP contribution in [0.3, 0.4) is 0 Å². The molecule has 0 unspecified atom stereocenters. The number of nitrogens with one attached hydrogen (secondary N) is 1. The Morgan fingerprint density at radius 2 is 2.35 bits per heavy atom. The summed E-state index contributed by atoms with van der Waals surface area (Å²) in [5, 5.41) is 5.08. The molecular weight excluding hydrogens is 274 g/mol. The highest BCUT2D eigenvalue weighted by Gasteiger charge is 2.21. The molecule has 0 spiro atoms. The van der Waals surface area contributed by atoms with E-state index < -0.39 is 0 Å². The molecule has 3 heterocycles. The van der Waals surface area contributed by atoms with E-state index in [9.17, 15) is 4.79 Å². The van der Waals surface area contributed by atoms with Crippen molar-refractivity contribution in [1.82, 2.24) is 24.6 Å². The summed E-state index contributed by atoms with van der Waals surface area (Å²) in [7, 11) is 1.91. The van der Waals surface area contributed by atoms with Gasteiger partial charge in [0, 0.05) is 39.3 Å². The number of aromatic amines is 1. The van der Waals surface area contributed by atoms with Gasteiger partial charge in [-0.15, -0.1) is 0 Å². The molecule has 106 valence electrons. The molecule has 2 aromatic heterocycles. The average Bonchev–Trinajstić information content (AvgIpc) is 2.84. The molecular formula is C13H17N5OS. The maximum atomic E-state index is 12.1. The minimum Gasteiger partial charge on any atom is -0.301 e. The molecule has 0 aromatic carbocycles. The lowest BCUT2D eigenvalue weighted by Crippen LogP contribution is -2.35. The number of aryl methyl sites for hydroxylation is 1. The van der Waals surface area contributed by atoms with E-state index >= 15 is 0 Å². The molecule has 1 aliphatic rings. The Morgan fingerprint density at radius 1 is 1.50 bits per heavy atom. The van der Waals surface area contributed by atoms with E-state index in [0.717, 1.165) is 36.5 Å². The van der Waals surface area contributed by atoms with Crippen molar-refractivity contribution in [1.29, 1.82) is 0 Å². The Bertz CT molecular complexity index is 678. The molecule has 0 fully saturated rings. The second kappa shape index (κ2) is 5.41. The van der Waals surface area contributed by atoms with Gasteiger partial charge in [0.15, 0.2) is 5.16 Å². The van der Waals surface area contributed by atoms with Crippen LogP contribution in [0.15, 0.2) is 22.2 Å². The molecule has 0 saturated carbocycles. The first-order chi connectivity index (χ1) is 9.65. The number of thioether (sulfide) groups is 1. The van der Waals surface area contributed by atoms with Gasteiger partial charge in [-0.25, -0.2) is 4.98 Å². The van der Waals surface area contributed by atoms with Crippen LogP contribution in [0, 0.1) is 0 Å². The second-order valence-corrected chi connectivity index (χ2v) is 5.74. The highest BCUT2D eigenvalue weighted by molar-refractivity contribution is 7.98. The molecule has 0 saturated heterocycles. The number of fused-ring (bicyclic) bond motifs is 1. The second-order valence-electron chi connectivity index (χ2n) is 4.94. The molecule has 0 amide bonds. The van der Waals surface area contributed by atoms with Crippen LogP contribution in [-0.2, 0) is 26.6 Å². The molecule has 0 atom stereocenters. The van der Waals surface area contributed by atoms with Crippen LogP contribution in [0.25, 0.3) is 0 Å². The number of rotatable bonds is 3. The highest BCUT2D eigenvalue weighted by atomic mass is 32.2. The smallest absolute Gasteiger partial charge is 0.256 e. The van der Waals surface area contributed by atoms with E-state index in [1.54, 1.807) is 4.68 Å². The largest absolute Gasteiger partial charge is 0.301 e. The zero-order valence-corrected chi connectivity index (χ0v) is 12.4. The van der Waals surface area contributed by atoms with Gasteiger partial charge in [0.2, 0.25) is 0 Å². The lowest BCUT2D eigenvalue weighted by molar-refractivity contribution is 0.237. The maximum absolute atomic E-state index is 12.1. The molecule has 0 radical (unpaired) electrons. The first-order valence-electron chi connectivity index (χ1n) is 6.52. The van der Waals surface area contributed by atoms with Gasteiger partial charge in [-0.05, 0) is 12.3 Å². The van der Waals surface area contributed by atoms with Gasteiger partial charge in [-0.1, -0.05) is 11.8 Å². The van der Waals surface area contributed by atoms with Crippen LogP contribution in [0.2, 0.25) is 0 Å². The monoisotopic (exact) mass is 291 g/mol. The lowest BCUT2D eigenvalue weighted by Gasteiger charge is -2.26. The molecule has 6 nitrogen and oxygen atoms in total. The van der Waals surface area contributed by atoms with Crippen molar-refractivity contribution in [2.75, 3.05) is 12.8 Å². The van der Waals surface area contributed by atoms with Gasteiger partial charge >= 0.3 is 0 Å². The van der Waals surface area contributed by atoms with Crippen LogP contribution < -0.4 is 5.56 Å². The molecule has 7 heteroatoms. The molecule has 0 bridgehead atoms. The summed E-state index contributed by atoms with van der Waals surface area (Å²) in [5.74, 6) is 0. The first-order valence-corrected chi connectivity index (χ1v) is 7.75. The van der Waals surface area contributed by atoms with E-state index in [4.69, 9.17) is 0 Å². The van der Waals surface area contributed by atoms with E-state index in [0.29, 0.717) is 11.7 Å². The van der Waals surface area contributed by atoms with Crippen molar-refractivity contribution in [2.45, 2.75) is 24.7 Å². The lowest BCUT2D eigenvalue weighted by atomic mass is 10.1. The summed E-state index contributed by atoms with van der Waals surface area (Å²) in [6.45, 7) is 2.32. The summed E-state index contributed by atoms with van der Waals surface area (Å²) < 4.78 is 1.80. The third-order valence-corrected chi connectivity index (χ3v) is 4.05. The summed E-state index contributed by atoms with van der Waals surface area (Å²) in [5.41, 5.74) is 2.76. The van der Waals surface area contributed by atoms with E-state index in [1.165, 1.54) is 11.8 Å². The molecule has 3 rings (SSSR count). The third kappa shape index (κ3) is 2.64. The standard InChI is InChI=1S/C13H17N5OS/c1-17-5-3-9(16-17)7-18-6-4-11-10(8-18)12(19)15-13(14-11)20-2/h3,5H,4,6-8H2,1-2H3,(H,14,15,19). The van der Waals surface area contributed by atoms with Crippen LogP contribution in [0.4, 0.5) is 0 Å². The number of H-pyrrole nitrogens is 1. The fourth-order valence-electron chi connectivity index (χ4n) is 2.47. The van der Waals surface area contributed by atoms with Crippen molar-refractivity contribution in [2.24, 2.45) is 7.05 Å². The van der Waals surface area contributed by atoms with Gasteiger partial charge in [0.25, 0.3) is 5.56 Å². The predicted molar refractivity (Wildman–Crippen MR) is 77.7 cm³/mol. The van der Waals surface area contributed by atoms with Crippen LogP contribution in [0.5, 0.6) is 0 Å². The number of nitrogens with zero attached hydrogens (tertiary/aromatic N) is 4. The summed E-state index contributed by atoms with van der Waals surface area (Å²) >= 11 is 1.47. The van der Waals surface area contributed by atoms with Crippen molar-refractivity contribution < 1.29 is 0 Å². The van der Waals surface area contributed by atoms with Crippen molar-refractivity contribution in [3.63, 3.8) is 0 Å². The minimum atomic E-state index is -0.00919. The Hall–Kier alpha value is -1.60. The van der Waals surface area contributed by atoms with Gasteiger partial charge in [-0.2, -0.15) is 5.10 Å². The fourth-order valence-corrected chi connectivity index (χ4v) is 2.86. The van der Waals surface area contributed by atoms with Gasteiger partial charge < -0.3 is 4.98 Å². The Balaban J connectivity index is 1.80. The molecule has 20 heavy (non-hydrogen) atoms. The minimum absolute atomic E-state index is 0.00919. The van der Waals surface area contributed by atoms with E-state index in [1.807, 2.05) is 25.6 Å². The van der Waals surface area contributed by atoms with Gasteiger partial charge in [0.05, 0.1) is 17.0 Å². The number of hydrogen-bond donors (Lipinski definition) is 1. The van der Waals surface area contributed by atoms with E-state index in [2.05, 4.69) is 20.0 Å². The van der Waals surface area contributed by atoms with Crippen LogP contribution >= 0.6 is 11.8 Å². The molecule has 0 aliphatic carbocycles. The van der Waals surface area contributed by atoms with Gasteiger partial charge in [-0.3, -0.25) is 14.4 Å². The SMILES string of the molecule is CSc1nc2c(c(=O)[nH]1)CN(Cc1ccn(C)n1)CC2. The van der Waals surface area contributed by atoms with Crippen molar-refractivity contribution >= 4 is 11.8 Å². The Kier molecular flexibility index (Phi) is 3.62. The Labute approximate surface area is 121 Å². The topological polar surface area (TPSA) is 66.8 Å². The molecule has 2 aromatic rings. The average molecular weight is 291 g/mol. The fraction of sp³-hybridized carbons (Fsp3) is 0.462. The van der Waals surface area contributed by atoms with Crippen LogP contribution in [0.1, 0.15) is 17.0 Å². The summed E-state index contributed by atoms with van der Waals surface area (Å²) in [4.78, 5) is 21.6. The summed E-state index contributed by atoms with van der Waals surface area (Å²) in [6, 6.07) is 2.01. The zero-order valence-electron chi connectivity index (χ0n) is 11.6. The third-order valence-electron chi connectivity index (χ3n) is 3.47. The normalized spacial score (nSPS) is 15.3. The molecule has 1 N–H and O–H groups in total. The summed E-state index contributed by atoms with van der Waals surface area (Å²) in [6.07, 6.45) is 4.67. The maximum Gasteiger partial charge on any atom is 0.256 e. The zero-order chi connectivity index (χ0) is 14.1. The first kappa shape index (κ1) is 13.4. The van der Waals surface area contributed by atoms with Crippen molar-refractivity contribution in [3.8, 4) is 0 Å². The van der Waals surface area contributed by atoms with Gasteiger partial charge in [0.1, 0.15) is 0 Å².